The third kappa shape index (κ3) is 3.67. The van der Waals surface area contributed by atoms with Crippen LogP contribution in [0.3, 0.4) is 0 Å². The van der Waals surface area contributed by atoms with Gasteiger partial charge >= 0.3 is 0 Å². The van der Waals surface area contributed by atoms with Crippen LogP contribution in [0.2, 0.25) is 0 Å². The van der Waals surface area contributed by atoms with Gasteiger partial charge in [-0.2, -0.15) is 0 Å². The number of hydrogen-bond acceptors (Lipinski definition) is 5. The van der Waals surface area contributed by atoms with E-state index in [1.165, 1.54) is 0 Å². The minimum absolute atomic E-state index is 0.0567. The number of aromatic nitrogens is 2. The number of imidazole rings is 1. The highest BCUT2D eigenvalue weighted by Crippen LogP contribution is 2.41. The van der Waals surface area contributed by atoms with Gasteiger partial charge < -0.3 is 20.5 Å². The largest absolute Gasteiger partial charge is 0.504 e. The maximum absolute atomic E-state index is 13.6. The van der Waals surface area contributed by atoms with Gasteiger partial charge in [-0.05, 0) is 55.8 Å². The highest BCUT2D eigenvalue weighted by Gasteiger charge is 2.34. The number of nitrogens with zero attached hydrogens (tertiary/aromatic N) is 2. The Morgan fingerprint density at radius 1 is 1.12 bits per heavy atom. The second-order valence-corrected chi connectivity index (χ2v) is 7.84. The van der Waals surface area contributed by atoms with Crippen LogP contribution in [0.4, 0.5) is 11.6 Å². The van der Waals surface area contributed by atoms with E-state index in [0.717, 1.165) is 16.6 Å². The fourth-order valence-electron chi connectivity index (χ4n) is 4.27. The van der Waals surface area contributed by atoms with E-state index in [9.17, 15) is 9.90 Å². The number of para-hydroxylation sites is 3. The molecule has 0 saturated heterocycles. The van der Waals surface area contributed by atoms with E-state index in [4.69, 9.17) is 9.72 Å². The van der Waals surface area contributed by atoms with E-state index >= 15 is 0 Å². The Hall–Kier alpha value is -4.26. The molecule has 4 aromatic rings. The predicted octanol–water partition coefficient (Wildman–Crippen LogP) is 5.07. The topological polar surface area (TPSA) is 88.4 Å². The standard InChI is InChI=1S/C26H24N4O3/c1-3-33-22-15-17(13-14-21(22)31)24-23(25(32)28-18-9-5-4-6-10-18)16(2)27-26-29-19-11-7-8-12-20(19)30(24)26/h4-15,24,31H,3H2,1-2H3,(H,27,29)(H,28,32)/t24-/m1/s1. The van der Waals surface area contributed by atoms with Crippen LogP contribution in [0.5, 0.6) is 11.5 Å². The van der Waals surface area contributed by atoms with Crippen molar-refractivity contribution in [1.82, 2.24) is 9.55 Å². The third-order valence-corrected chi connectivity index (χ3v) is 5.71. The van der Waals surface area contributed by atoms with Gasteiger partial charge in [0.05, 0.1) is 29.3 Å². The molecule has 33 heavy (non-hydrogen) atoms. The Bertz CT molecular complexity index is 1380. The number of aromatic hydroxyl groups is 1. The van der Waals surface area contributed by atoms with Crippen LogP contribution in [-0.2, 0) is 4.79 Å². The molecule has 0 radical (unpaired) electrons. The van der Waals surface area contributed by atoms with Crippen LogP contribution in [0.25, 0.3) is 11.0 Å². The fourth-order valence-corrected chi connectivity index (χ4v) is 4.27. The lowest BCUT2D eigenvalue weighted by atomic mass is 9.94. The Labute approximate surface area is 191 Å². The van der Waals surface area contributed by atoms with Crippen molar-refractivity contribution in [3.8, 4) is 11.5 Å². The minimum atomic E-state index is -0.475. The highest BCUT2D eigenvalue weighted by atomic mass is 16.5. The molecule has 7 heteroatoms. The first-order valence-electron chi connectivity index (χ1n) is 10.8. The molecule has 7 nitrogen and oxygen atoms in total. The number of phenolic OH excluding ortho intramolecular Hbond substituents is 1. The van der Waals surface area contributed by atoms with Gasteiger partial charge in [0.2, 0.25) is 5.95 Å². The van der Waals surface area contributed by atoms with Gasteiger partial charge in [-0.25, -0.2) is 4.98 Å². The maximum Gasteiger partial charge on any atom is 0.255 e. The number of nitrogens with one attached hydrogen (secondary N) is 2. The summed E-state index contributed by atoms with van der Waals surface area (Å²) in [5, 5.41) is 16.6. The summed E-state index contributed by atoms with van der Waals surface area (Å²) in [4.78, 5) is 18.3. The minimum Gasteiger partial charge on any atom is -0.504 e. The Morgan fingerprint density at radius 3 is 2.67 bits per heavy atom. The molecule has 1 aromatic heterocycles. The first kappa shape index (κ1) is 20.6. The number of hydrogen-bond donors (Lipinski definition) is 3. The van der Waals surface area contributed by atoms with E-state index in [2.05, 4.69) is 10.6 Å². The number of anilines is 2. The molecular formula is C26H24N4O3. The SMILES string of the molecule is CCOc1cc([C@@H]2C(C(=O)Nc3ccccc3)=C(C)Nc3nc4ccccc4n32)ccc1O. The molecule has 0 saturated carbocycles. The zero-order valence-corrected chi connectivity index (χ0v) is 18.4. The van der Waals surface area contributed by atoms with Crippen LogP contribution in [0.15, 0.2) is 84.1 Å². The normalized spacial score (nSPS) is 15.2. The number of rotatable bonds is 5. The van der Waals surface area contributed by atoms with Gasteiger partial charge in [-0.1, -0.05) is 36.4 Å². The summed E-state index contributed by atoms with van der Waals surface area (Å²) in [6.07, 6.45) is 0. The quantitative estimate of drug-likeness (QED) is 0.403. The number of ether oxygens (including phenoxy) is 1. The lowest BCUT2D eigenvalue weighted by molar-refractivity contribution is -0.113. The van der Waals surface area contributed by atoms with Crippen LogP contribution in [0.1, 0.15) is 25.5 Å². The predicted molar refractivity (Wildman–Crippen MR) is 129 cm³/mol. The molecule has 1 aliphatic heterocycles. The molecular weight excluding hydrogens is 416 g/mol. The van der Waals surface area contributed by atoms with Crippen LogP contribution >= 0.6 is 0 Å². The Morgan fingerprint density at radius 2 is 1.88 bits per heavy atom. The maximum atomic E-state index is 13.6. The van der Waals surface area contributed by atoms with Crippen molar-refractivity contribution in [2.75, 3.05) is 17.2 Å². The van der Waals surface area contributed by atoms with E-state index in [0.29, 0.717) is 35.3 Å². The number of carbonyl (C=O) groups is 1. The van der Waals surface area contributed by atoms with Crippen molar-refractivity contribution in [2.45, 2.75) is 19.9 Å². The highest BCUT2D eigenvalue weighted by molar-refractivity contribution is 6.06. The van der Waals surface area contributed by atoms with Gasteiger partial charge in [0.1, 0.15) is 0 Å². The van der Waals surface area contributed by atoms with E-state index in [1.54, 1.807) is 12.1 Å². The summed E-state index contributed by atoms with van der Waals surface area (Å²) in [5.74, 6) is 0.868. The first-order chi connectivity index (χ1) is 16.1. The molecule has 0 spiro atoms. The van der Waals surface area contributed by atoms with Crippen molar-refractivity contribution in [3.05, 3.63) is 89.6 Å². The van der Waals surface area contributed by atoms with Gasteiger partial charge in [-0.15, -0.1) is 0 Å². The van der Waals surface area contributed by atoms with Crippen molar-refractivity contribution >= 4 is 28.6 Å². The summed E-state index contributed by atoms with van der Waals surface area (Å²) in [5.41, 5.74) is 4.51. The van der Waals surface area contributed by atoms with Crippen LogP contribution in [0, 0.1) is 0 Å². The molecule has 3 aromatic carbocycles. The fraction of sp³-hybridized carbons (Fsp3) is 0.154. The van der Waals surface area contributed by atoms with E-state index in [-0.39, 0.29) is 11.7 Å². The molecule has 0 aliphatic carbocycles. The molecule has 0 unspecified atom stereocenters. The zero-order chi connectivity index (χ0) is 22.9. The molecule has 5 rings (SSSR count). The molecule has 1 amide bonds. The number of carbonyl (C=O) groups excluding carboxylic acids is 1. The number of amides is 1. The summed E-state index contributed by atoms with van der Waals surface area (Å²) in [6, 6.07) is 21.9. The summed E-state index contributed by atoms with van der Waals surface area (Å²) >= 11 is 0. The molecule has 1 aliphatic rings. The molecule has 0 bridgehead atoms. The second-order valence-electron chi connectivity index (χ2n) is 7.84. The monoisotopic (exact) mass is 440 g/mol. The average Bonchev–Trinajstić information content (AvgIpc) is 3.18. The summed E-state index contributed by atoms with van der Waals surface area (Å²) in [7, 11) is 0. The lowest BCUT2D eigenvalue weighted by Gasteiger charge is -2.31. The van der Waals surface area contributed by atoms with Crippen molar-refractivity contribution in [1.29, 1.82) is 0 Å². The number of fused-ring (bicyclic) bond motifs is 3. The Kier molecular flexibility index (Phi) is 5.22. The van der Waals surface area contributed by atoms with Crippen molar-refractivity contribution < 1.29 is 14.6 Å². The van der Waals surface area contributed by atoms with Crippen molar-refractivity contribution in [3.63, 3.8) is 0 Å². The molecule has 166 valence electrons. The van der Waals surface area contributed by atoms with Crippen LogP contribution in [-0.4, -0.2) is 27.2 Å². The van der Waals surface area contributed by atoms with Crippen LogP contribution < -0.4 is 15.4 Å². The van der Waals surface area contributed by atoms with Gasteiger partial charge in [0.15, 0.2) is 11.5 Å². The zero-order valence-electron chi connectivity index (χ0n) is 18.4. The summed E-state index contributed by atoms with van der Waals surface area (Å²) in [6.45, 7) is 4.15. The smallest absolute Gasteiger partial charge is 0.255 e. The summed E-state index contributed by atoms with van der Waals surface area (Å²) < 4.78 is 7.65. The Balaban J connectivity index is 1.69. The van der Waals surface area contributed by atoms with Crippen molar-refractivity contribution in [2.24, 2.45) is 0 Å². The third-order valence-electron chi connectivity index (χ3n) is 5.71. The molecule has 1 atom stereocenters. The first-order valence-corrected chi connectivity index (χ1v) is 10.8. The van der Waals surface area contributed by atoms with Gasteiger partial charge in [-0.3, -0.25) is 9.36 Å². The number of phenols is 1. The van der Waals surface area contributed by atoms with E-state index in [1.807, 2.05) is 79.1 Å². The lowest BCUT2D eigenvalue weighted by Crippen LogP contribution is -2.30. The molecule has 3 N–H and O–H groups in total. The number of benzene rings is 3. The second kappa shape index (κ2) is 8.35. The molecule has 0 fully saturated rings. The average molecular weight is 441 g/mol. The van der Waals surface area contributed by atoms with Gasteiger partial charge in [0.25, 0.3) is 5.91 Å². The van der Waals surface area contributed by atoms with Gasteiger partial charge in [0, 0.05) is 11.4 Å². The van der Waals surface area contributed by atoms with E-state index < -0.39 is 6.04 Å². The molecule has 2 heterocycles. The number of allylic oxidation sites excluding steroid dienone is 1.